The van der Waals surface area contributed by atoms with E-state index in [1.165, 1.54) is 0 Å². The molecular formula is C6H6Cl2N4O2. The lowest BCUT2D eigenvalue weighted by molar-refractivity contribution is -0.384. The summed E-state index contributed by atoms with van der Waals surface area (Å²) >= 11 is 11.0. The lowest BCUT2D eigenvalue weighted by Gasteiger charge is -2.03. The number of hydrogen-bond acceptors (Lipinski definition) is 5. The van der Waals surface area contributed by atoms with Crippen molar-refractivity contribution in [3.8, 4) is 0 Å². The maximum absolute atomic E-state index is 10.6. The van der Waals surface area contributed by atoms with Gasteiger partial charge in [-0.15, -0.1) is 11.6 Å². The predicted octanol–water partition coefficient (Wildman–Crippen LogP) is 1.69. The molecule has 0 radical (unpaired) electrons. The summed E-state index contributed by atoms with van der Waals surface area (Å²) in [5.74, 6) is 0.398. The summed E-state index contributed by atoms with van der Waals surface area (Å²) in [5.41, 5.74) is -0.334. The van der Waals surface area contributed by atoms with E-state index in [4.69, 9.17) is 23.2 Å². The molecule has 0 bridgehead atoms. The molecule has 1 rings (SSSR count). The third-order valence-corrected chi connectivity index (χ3v) is 1.81. The van der Waals surface area contributed by atoms with Crippen LogP contribution in [0.1, 0.15) is 0 Å². The van der Waals surface area contributed by atoms with Gasteiger partial charge < -0.3 is 5.32 Å². The summed E-state index contributed by atoms with van der Waals surface area (Å²) in [4.78, 5) is 17.1. The predicted molar refractivity (Wildman–Crippen MR) is 52.9 cm³/mol. The monoisotopic (exact) mass is 236 g/mol. The second kappa shape index (κ2) is 4.92. The largest absolute Gasteiger partial charge is 0.363 e. The first-order valence-corrected chi connectivity index (χ1v) is 4.52. The van der Waals surface area contributed by atoms with E-state index in [0.717, 1.165) is 6.33 Å². The molecule has 1 aromatic rings. The summed E-state index contributed by atoms with van der Waals surface area (Å²) in [6.07, 6.45) is 1.14. The van der Waals surface area contributed by atoms with Crippen LogP contribution in [0.25, 0.3) is 0 Å². The van der Waals surface area contributed by atoms with Crippen molar-refractivity contribution < 1.29 is 4.92 Å². The normalized spacial score (nSPS) is 9.86. The lowest BCUT2D eigenvalue weighted by Crippen LogP contribution is -2.07. The van der Waals surface area contributed by atoms with Crippen molar-refractivity contribution in [3.05, 3.63) is 21.6 Å². The molecule has 14 heavy (non-hydrogen) atoms. The highest BCUT2D eigenvalue weighted by Gasteiger charge is 2.20. The number of nitro groups is 1. The molecule has 0 saturated heterocycles. The molecule has 0 aliphatic heterocycles. The molecule has 0 unspecified atom stereocenters. The minimum Gasteiger partial charge on any atom is -0.363 e. The first kappa shape index (κ1) is 10.9. The van der Waals surface area contributed by atoms with Crippen molar-refractivity contribution in [3.63, 3.8) is 0 Å². The second-order valence-corrected chi connectivity index (χ2v) is 2.97. The van der Waals surface area contributed by atoms with Crippen molar-refractivity contribution in [1.82, 2.24) is 9.97 Å². The van der Waals surface area contributed by atoms with Crippen molar-refractivity contribution in [2.75, 3.05) is 17.7 Å². The smallest absolute Gasteiger partial charge is 0.348 e. The Morgan fingerprint density at radius 3 is 2.86 bits per heavy atom. The Morgan fingerprint density at radius 1 is 1.57 bits per heavy atom. The van der Waals surface area contributed by atoms with Crippen molar-refractivity contribution in [2.24, 2.45) is 0 Å². The topological polar surface area (TPSA) is 81.0 Å². The van der Waals surface area contributed by atoms with Gasteiger partial charge in [0.05, 0.1) is 4.92 Å². The number of rotatable bonds is 4. The van der Waals surface area contributed by atoms with Crippen LogP contribution in [-0.4, -0.2) is 27.3 Å². The standard InChI is InChI=1S/C6H6Cl2N4O2/c7-1-2-9-6-4(12(13)14)5(8)10-3-11-6/h3H,1-2H2,(H,9,10,11). The molecule has 1 heterocycles. The maximum Gasteiger partial charge on any atom is 0.348 e. The van der Waals surface area contributed by atoms with Gasteiger partial charge in [0.1, 0.15) is 6.33 Å². The van der Waals surface area contributed by atoms with Crippen molar-refractivity contribution >= 4 is 34.7 Å². The Hall–Kier alpha value is -1.14. The zero-order valence-corrected chi connectivity index (χ0v) is 8.42. The van der Waals surface area contributed by atoms with Gasteiger partial charge in [0.25, 0.3) is 0 Å². The van der Waals surface area contributed by atoms with Crippen molar-refractivity contribution in [2.45, 2.75) is 0 Å². The van der Waals surface area contributed by atoms with Crippen LogP contribution in [0.2, 0.25) is 5.15 Å². The minimum absolute atomic E-state index is 0.0793. The van der Waals surface area contributed by atoms with Crippen LogP contribution in [0.3, 0.4) is 0 Å². The van der Waals surface area contributed by atoms with Gasteiger partial charge >= 0.3 is 5.69 Å². The highest BCUT2D eigenvalue weighted by atomic mass is 35.5. The maximum atomic E-state index is 10.6. The summed E-state index contributed by atoms with van der Waals surface area (Å²) in [7, 11) is 0. The molecule has 0 saturated carbocycles. The van der Waals surface area contributed by atoms with Gasteiger partial charge in [-0.05, 0) is 0 Å². The summed E-state index contributed by atoms with van der Waals surface area (Å²) in [6.45, 7) is 0.371. The van der Waals surface area contributed by atoms with Gasteiger partial charge in [-0.3, -0.25) is 10.1 Å². The fraction of sp³-hybridized carbons (Fsp3) is 0.333. The fourth-order valence-corrected chi connectivity index (χ4v) is 1.11. The Labute approximate surface area is 89.4 Å². The Kier molecular flexibility index (Phi) is 3.84. The third kappa shape index (κ3) is 2.43. The van der Waals surface area contributed by atoms with Gasteiger partial charge in [0, 0.05) is 12.4 Å². The number of nitrogens with zero attached hydrogens (tertiary/aromatic N) is 3. The first-order chi connectivity index (χ1) is 6.66. The molecule has 0 aliphatic rings. The summed E-state index contributed by atoms with van der Waals surface area (Å²) in [5, 5.41) is 13.1. The van der Waals surface area contributed by atoms with Crippen molar-refractivity contribution in [1.29, 1.82) is 0 Å². The molecule has 0 atom stereocenters. The number of aromatic nitrogens is 2. The molecule has 0 amide bonds. The first-order valence-electron chi connectivity index (χ1n) is 3.61. The quantitative estimate of drug-likeness (QED) is 0.373. The molecule has 0 fully saturated rings. The van der Waals surface area contributed by atoms with Gasteiger partial charge in [0.2, 0.25) is 11.0 Å². The Balaban J connectivity index is 3.02. The van der Waals surface area contributed by atoms with Gasteiger partial charge in [-0.2, -0.15) is 0 Å². The number of alkyl halides is 1. The van der Waals surface area contributed by atoms with E-state index in [2.05, 4.69) is 15.3 Å². The van der Waals surface area contributed by atoms with Crippen LogP contribution < -0.4 is 5.32 Å². The van der Waals surface area contributed by atoms with Gasteiger partial charge in [0.15, 0.2) is 0 Å². The van der Waals surface area contributed by atoms with Crippen LogP contribution in [-0.2, 0) is 0 Å². The SMILES string of the molecule is O=[N+]([O-])c1c(Cl)ncnc1NCCCl. The molecular weight excluding hydrogens is 231 g/mol. The summed E-state index contributed by atoms with van der Waals surface area (Å²) in [6, 6.07) is 0. The van der Waals surface area contributed by atoms with Crippen LogP contribution in [0.15, 0.2) is 6.33 Å². The number of nitrogens with one attached hydrogen (secondary N) is 1. The van der Waals surface area contributed by atoms with Crippen LogP contribution in [0.5, 0.6) is 0 Å². The molecule has 0 aliphatic carbocycles. The van der Waals surface area contributed by atoms with E-state index >= 15 is 0 Å². The van der Waals surface area contributed by atoms with E-state index in [0.29, 0.717) is 12.4 Å². The minimum atomic E-state index is -0.640. The number of anilines is 1. The summed E-state index contributed by atoms with van der Waals surface area (Å²) < 4.78 is 0. The molecule has 1 N–H and O–H groups in total. The zero-order valence-electron chi connectivity index (χ0n) is 6.91. The Morgan fingerprint density at radius 2 is 2.29 bits per heavy atom. The fourth-order valence-electron chi connectivity index (χ4n) is 0.814. The average Bonchev–Trinajstić information content (AvgIpc) is 2.14. The molecule has 0 spiro atoms. The van der Waals surface area contributed by atoms with E-state index in [9.17, 15) is 10.1 Å². The van der Waals surface area contributed by atoms with Gasteiger partial charge in [-0.1, -0.05) is 11.6 Å². The highest BCUT2D eigenvalue weighted by molar-refractivity contribution is 6.31. The van der Waals surface area contributed by atoms with Crippen LogP contribution >= 0.6 is 23.2 Å². The van der Waals surface area contributed by atoms with E-state index < -0.39 is 4.92 Å². The molecule has 0 aromatic carbocycles. The van der Waals surface area contributed by atoms with Crippen LogP contribution in [0.4, 0.5) is 11.5 Å². The second-order valence-electron chi connectivity index (χ2n) is 2.23. The highest BCUT2D eigenvalue weighted by Crippen LogP contribution is 2.27. The molecule has 76 valence electrons. The van der Waals surface area contributed by atoms with Gasteiger partial charge in [-0.25, -0.2) is 9.97 Å². The van der Waals surface area contributed by atoms with E-state index in [1.54, 1.807) is 0 Å². The van der Waals surface area contributed by atoms with E-state index in [-0.39, 0.29) is 16.7 Å². The Bertz CT molecular complexity index is 347. The zero-order chi connectivity index (χ0) is 10.6. The number of halogens is 2. The molecule has 8 heteroatoms. The third-order valence-electron chi connectivity index (χ3n) is 1.35. The van der Waals surface area contributed by atoms with E-state index in [1.807, 2.05) is 0 Å². The molecule has 1 aromatic heterocycles. The number of hydrogen-bond donors (Lipinski definition) is 1. The molecule has 6 nitrogen and oxygen atoms in total. The lowest BCUT2D eigenvalue weighted by atomic mass is 10.5. The average molecular weight is 237 g/mol. The van der Waals surface area contributed by atoms with Crippen LogP contribution in [0, 0.1) is 10.1 Å².